The van der Waals surface area contributed by atoms with E-state index in [1.54, 1.807) is 20.8 Å². The Morgan fingerprint density at radius 3 is 2.47 bits per heavy atom. The second kappa shape index (κ2) is 4.62. The third kappa shape index (κ3) is 5.15. The van der Waals surface area contributed by atoms with Gasteiger partial charge in [0.2, 0.25) is 0 Å². The Morgan fingerprint density at radius 2 is 2.00 bits per heavy atom. The van der Waals surface area contributed by atoms with E-state index in [4.69, 9.17) is 4.74 Å². The maximum Gasteiger partial charge on any atom is 0.502 e. The number of nitrogens with zero attached hydrogens (tertiary/aromatic N) is 1. The molecule has 0 spiro atoms. The summed E-state index contributed by atoms with van der Waals surface area (Å²) in [6.07, 6.45) is -0.295. The second-order valence-electron chi connectivity index (χ2n) is 5.10. The van der Waals surface area contributed by atoms with Crippen molar-refractivity contribution in [1.29, 1.82) is 0 Å². The van der Waals surface area contributed by atoms with E-state index in [0.717, 1.165) is 0 Å². The number of halogens is 3. The number of hydrogen-bond donors (Lipinski definition) is 0. The number of likely N-dealkylation sites (tertiary alicyclic amines) is 1. The summed E-state index contributed by atoms with van der Waals surface area (Å²) in [7, 11) is 0. The summed E-state index contributed by atoms with van der Waals surface area (Å²) in [4.78, 5) is 12.9. The van der Waals surface area contributed by atoms with Gasteiger partial charge < -0.3 is 22.6 Å². The Labute approximate surface area is 98.7 Å². The fourth-order valence-electron chi connectivity index (χ4n) is 1.57. The lowest BCUT2D eigenvalue weighted by atomic mass is 9.88. The minimum Gasteiger partial charge on any atom is -0.445 e. The van der Waals surface area contributed by atoms with Gasteiger partial charge in [-0.15, -0.1) is 5.98 Å². The molecule has 1 fully saturated rings. The average molecular weight is 250 g/mol. The largest absolute Gasteiger partial charge is 0.502 e. The zero-order valence-corrected chi connectivity index (χ0v) is 10.2. The van der Waals surface area contributed by atoms with Crippen LogP contribution in [0, 0.1) is 0 Å². The Morgan fingerprint density at radius 1 is 1.41 bits per heavy atom. The van der Waals surface area contributed by atoms with Gasteiger partial charge in [-0.2, -0.15) is 0 Å². The first-order valence-corrected chi connectivity index (χ1v) is 5.45. The van der Waals surface area contributed by atoms with Crippen LogP contribution in [0.4, 0.5) is 17.7 Å². The first-order chi connectivity index (χ1) is 7.57. The van der Waals surface area contributed by atoms with Gasteiger partial charge in [0.25, 0.3) is 0 Å². The van der Waals surface area contributed by atoms with Crippen LogP contribution in [0.25, 0.3) is 0 Å². The van der Waals surface area contributed by atoms with E-state index < -0.39 is 18.7 Å². The standard InChI is InChI=1S/C10H16BF3NO2/c1-10(2,3)17-9(16)15-5-4-8(7-15)6-11(12,13)14/h6H,4-5,7H2,1-3H3/q-1/b8-6+. The molecular formula is C10H16BF3NO2-. The van der Waals surface area contributed by atoms with E-state index >= 15 is 0 Å². The number of rotatable bonds is 1. The van der Waals surface area contributed by atoms with Crippen LogP contribution in [0.5, 0.6) is 0 Å². The predicted octanol–water partition coefficient (Wildman–Crippen LogP) is 2.94. The minimum atomic E-state index is -4.93. The van der Waals surface area contributed by atoms with E-state index in [2.05, 4.69) is 0 Å². The maximum absolute atomic E-state index is 12.2. The SMILES string of the molecule is CC(C)(C)OC(=O)N1CC/C(=C\[B-](F)(F)F)C1. The Kier molecular flexibility index (Phi) is 3.79. The quantitative estimate of drug-likeness (QED) is 0.669. The van der Waals surface area contributed by atoms with Crippen LogP contribution in [0.15, 0.2) is 11.5 Å². The monoisotopic (exact) mass is 250 g/mol. The van der Waals surface area contributed by atoms with E-state index in [1.165, 1.54) is 4.90 Å². The molecule has 0 aromatic rings. The minimum absolute atomic E-state index is 0.0101. The first kappa shape index (κ1) is 13.9. The summed E-state index contributed by atoms with van der Waals surface area (Å²) < 4.78 is 41.6. The van der Waals surface area contributed by atoms with Crippen molar-refractivity contribution in [3.63, 3.8) is 0 Å². The molecule has 0 saturated carbocycles. The molecule has 1 rings (SSSR count). The molecule has 0 aromatic heterocycles. The Hall–Kier alpha value is -1.14. The van der Waals surface area contributed by atoms with Crippen LogP contribution >= 0.6 is 0 Å². The van der Waals surface area contributed by atoms with E-state index in [9.17, 15) is 17.7 Å². The maximum atomic E-state index is 12.2. The lowest BCUT2D eigenvalue weighted by Crippen LogP contribution is -2.35. The molecule has 0 aromatic carbocycles. The number of ether oxygens (including phenoxy) is 1. The average Bonchev–Trinajstić information content (AvgIpc) is 2.45. The summed E-state index contributed by atoms with van der Waals surface area (Å²) >= 11 is 0. The fourth-order valence-corrected chi connectivity index (χ4v) is 1.57. The third-order valence-electron chi connectivity index (χ3n) is 2.17. The molecule has 0 bridgehead atoms. The summed E-state index contributed by atoms with van der Waals surface area (Å²) in [5, 5.41) is 0. The van der Waals surface area contributed by atoms with Crippen LogP contribution in [-0.2, 0) is 4.74 Å². The van der Waals surface area contributed by atoms with Gasteiger partial charge in [-0.3, -0.25) is 0 Å². The van der Waals surface area contributed by atoms with Gasteiger partial charge >= 0.3 is 13.1 Å². The molecule has 1 saturated heterocycles. The van der Waals surface area contributed by atoms with E-state index in [-0.39, 0.29) is 25.1 Å². The number of amides is 1. The number of carbonyl (C=O) groups excluding carboxylic acids is 1. The highest BCUT2D eigenvalue weighted by Gasteiger charge is 2.28. The van der Waals surface area contributed by atoms with Gasteiger partial charge in [0.15, 0.2) is 0 Å². The van der Waals surface area contributed by atoms with Gasteiger partial charge in [-0.25, -0.2) is 4.79 Å². The highest BCUT2D eigenvalue weighted by Crippen LogP contribution is 2.22. The molecule has 1 amide bonds. The zero-order valence-electron chi connectivity index (χ0n) is 10.2. The fraction of sp³-hybridized carbons (Fsp3) is 0.700. The number of carbonyl (C=O) groups is 1. The summed E-state index contributed by atoms with van der Waals surface area (Å²) in [6, 6.07) is 0. The van der Waals surface area contributed by atoms with Gasteiger partial charge in [-0.1, -0.05) is 5.57 Å². The van der Waals surface area contributed by atoms with Crippen molar-refractivity contribution in [3.8, 4) is 0 Å². The lowest BCUT2D eigenvalue weighted by molar-refractivity contribution is 0.0299. The highest BCUT2D eigenvalue weighted by molar-refractivity contribution is 6.64. The molecule has 0 radical (unpaired) electrons. The highest BCUT2D eigenvalue weighted by atomic mass is 19.4. The van der Waals surface area contributed by atoms with Crippen molar-refractivity contribution in [3.05, 3.63) is 11.5 Å². The summed E-state index contributed by atoms with van der Waals surface area (Å²) in [5.74, 6) is 0.324. The van der Waals surface area contributed by atoms with Crippen LogP contribution in [-0.4, -0.2) is 36.7 Å². The van der Waals surface area contributed by atoms with Crippen molar-refractivity contribution in [2.75, 3.05) is 13.1 Å². The smallest absolute Gasteiger partial charge is 0.445 e. The van der Waals surface area contributed by atoms with Crippen LogP contribution in [0.3, 0.4) is 0 Å². The third-order valence-corrected chi connectivity index (χ3v) is 2.17. The van der Waals surface area contributed by atoms with Crippen LogP contribution in [0.1, 0.15) is 27.2 Å². The first-order valence-electron chi connectivity index (χ1n) is 5.45. The molecule has 1 aliphatic heterocycles. The summed E-state index contributed by atoms with van der Waals surface area (Å²) in [5.41, 5.74) is -0.388. The van der Waals surface area contributed by atoms with Crippen LogP contribution < -0.4 is 0 Å². The zero-order chi connectivity index (χ0) is 13.3. The Bertz CT molecular complexity index is 333. The molecule has 0 aliphatic carbocycles. The van der Waals surface area contributed by atoms with Gasteiger partial charge in [0.1, 0.15) is 5.60 Å². The van der Waals surface area contributed by atoms with Gasteiger partial charge in [-0.05, 0) is 27.2 Å². The molecule has 7 heteroatoms. The number of hydrogen-bond acceptors (Lipinski definition) is 2. The van der Waals surface area contributed by atoms with Crippen LogP contribution in [0.2, 0.25) is 0 Å². The molecule has 17 heavy (non-hydrogen) atoms. The molecule has 0 atom stereocenters. The summed E-state index contributed by atoms with van der Waals surface area (Å²) in [6.45, 7) is 0.522. The van der Waals surface area contributed by atoms with Crippen molar-refractivity contribution < 1.29 is 22.5 Å². The van der Waals surface area contributed by atoms with Gasteiger partial charge in [0.05, 0.1) is 0 Å². The van der Waals surface area contributed by atoms with Gasteiger partial charge in [0, 0.05) is 13.1 Å². The van der Waals surface area contributed by atoms with Crippen molar-refractivity contribution >= 4 is 13.1 Å². The van der Waals surface area contributed by atoms with Crippen molar-refractivity contribution in [2.45, 2.75) is 32.8 Å². The molecule has 3 nitrogen and oxygen atoms in total. The molecule has 98 valence electrons. The predicted molar refractivity (Wildman–Crippen MR) is 59.6 cm³/mol. The topological polar surface area (TPSA) is 29.5 Å². The van der Waals surface area contributed by atoms with E-state index in [1.807, 2.05) is 0 Å². The molecular weight excluding hydrogens is 234 g/mol. The Balaban J connectivity index is 2.57. The van der Waals surface area contributed by atoms with Crippen molar-refractivity contribution in [1.82, 2.24) is 4.90 Å². The molecule has 1 heterocycles. The second-order valence-corrected chi connectivity index (χ2v) is 5.10. The molecule has 0 unspecified atom stereocenters. The lowest BCUT2D eigenvalue weighted by Gasteiger charge is -2.24. The van der Waals surface area contributed by atoms with Crippen molar-refractivity contribution in [2.24, 2.45) is 0 Å². The molecule has 0 N–H and O–H groups in total. The van der Waals surface area contributed by atoms with E-state index in [0.29, 0.717) is 5.98 Å². The normalized spacial score (nSPS) is 19.9. The molecule has 1 aliphatic rings.